The van der Waals surface area contributed by atoms with Gasteiger partial charge in [0.2, 0.25) is 0 Å². The van der Waals surface area contributed by atoms with Crippen molar-refractivity contribution in [2.24, 2.45) is 5.73 Å². The first-order valence-corrected chi connectivity index (χ1v) is 4.07. The molecule has 0 bridgehead atoms. The number of hydrogen-bond acceptors (Lipinski definition) is 1. The molecule has 0 heterocycles. The molecule has 0 radical (unpaired) electrons. The molecule has 0 fully saturated rings. The third-order valence-electron chi connectivity index (χ3n) is 1.22. The van der Waals surface area contributed by atoms with E-state index in [0.717, 1.165) is 0 Å². The average Bonchev–Trinajstić information content (AvgIpc) is 1.94. The summed E-state index contributed by atoms with van der Waals surface area (Å²) in [6.07, 6.45) is 0. The van der Waals surface area contributed by atoms with Crippen LogP contribution in [0.1, 0.15) is 5.56 Å². The van der Waals surface area contributed by atoms with Gasteiger partial charge in [0.05, 0.1) is 4.47 Å². The molecule has 0 amide bonds. The molecule has 0 aliphatic rings. The van der Waals surface area contributed by atoms with E-state index in [1.165, 1.54) is 0 Å². The molecule has 0 unspecified atom stereocenters. The minimum atomic E-state index is -0.403. The Bertz CT molecular complexity index is 300. The number of benzene rings is 1. The van der Waals surface area contributed by atoms with Crippen LogP contribution in [0.4, 0.5) is 4.39 Å². The van der Waals surface area contributed by atoms with E-state index >= 15 is 0 Å². The zero-order valence-electron chi connectivity index (χ0n) is 5.47. The fourth-order valence-corrected chi connectivity index (χ4v) is 1.22. The highest BCUT2D eigenvalue weighted by atomic mass is 79.9. The lowest BCUT2D eigenvalue weighted by Gasteiger charge is -2.00. The van der Waals surface area contributed by atoms with Crippen molar-refractivity contribution in [3.05, 3.63) is 34.1 Å². The van der Waals surface area contributed by atoms with Crippen molar-refractivity contribution >= 4 is 33.1 Å². The van der Waals surface area contributed by atoms with Gasteiger partial charge in [0.15, 0.2) is 0 Å². The van der Waals surface area contributed by atoms with Crippen LogP contribution in [0.2, 0.25) is 0 Å². The van der Waals surface area contributed by atoms with Gasteiger partial charge >= 0.3 is 0 Å². The first-order valence-electron chi connectivity index (χ1n) is 2.86. The molecule has 0 aliphatic carbocycles. The minimum Gasteiger partial charge on any atom is -0.389 e. The standard InChI is InChI=1S/C7H5BrFNS/c8-5-3-1-2-4(6(5)9)7(10)11/h1-3H,(H2,10,11). The summed E-state index contributed by atoms with van der Waals surface area (Å²) in [5.41, 5.74) is 5.53. The largest absolute Gasteiger partial charge is 0.389 e. The van der Waals surface area contributed by atoms with Gasteiger partial charge in [-0.2, -0.15) is 0 Å². The molecule has 0 spiro atoms. The smallest absolute Gasteiger partial charge is 0.147 e. The number of thiocarbonyl (C=S) groups is 1. The number of rotatable bonds is 1. The summed E-state index contributed by atoms with van der Waals surface area (Å²) >= 11 is 7.65. The van der Waals surface area contributed by atoms with Crippen molar-refractivity contribution in [2.45, 2.75) is 0 Å². The zero-order valence-corrected chi connectivity index (χ0v) is 7.88. The monoisotopic (exact) mass is 233 g/mol. The maximum Gasteiger partial charge on any atom is 0.147 e. The molecule has 0 saturated heterocycles. The summed E-state index contributed by atoms with van der Waals surface area (Å²) in [6.45, 7) is 0. The second kappa shape index (κ2) is 3.28. The molecule has 0 atom stereocenters. The Balaban J connectivity index is 3.27. The van der Waals surface area contributed by atoms with Crippen molar-refractivity contribution in [1.29, 1.82) is 0 Å². The van der Waals surface area contributed by atoms with E-state index in [1.807, 2.05) is 0 Å². The van der Waals surface area contributed by atoms with Crippen LogP contribution < -0.4 is 5.73 Å². The summed E-state index contributed by atoms with van der Waals surface area (Å²) in [4.78, 5) is 0.0730. The maximum atomic E-state index is 13.0. The third kappa shape index (κ3) is 1.75. The number of halogens is 2. The molecule has 4 heteroatoms. The number of nitrogens with two attached hydrogens (primary N) is 1. The molecule has 58 valence electrons. The molecule has 1 aromatic carbocycles. The molecule has 0 aromatic heterocycles. The first-order chi connectivity index (χ1) is 5.13. The van der Waals surface area contributed by atoms with Crippen molar-refractivity contribution in [3.63, 3.8) is 0 Å². The van der Waals surface area contributed by atoms with E-state index in [4.69, 9.17) is 5.73 Å². The van der Waals surface area contributed by atoms with Crippen molar-refractivity contribution in [2.75, 3.05) is 0 Å². The third-order valence-corrected chi connectivity index (χ3v) is 2.05. The molecule has 1 nitrogen and oxygen atoms in total. The van der Waals surface area contributed by atoms with Crippen molar-refractivity contribution in [3.8, 4) is 0 Å². The van der Waals surface area contributed by atoms with Crippen molar-refractivity contribution in [1.82, 2.24) is 0 Å². The second-order valence-electron chi connectivity index (χ2n) is 1.97. The van der Waals surface area contributed by atoms with Gasteiger partial charge in [0.1, 0.15) is 10.8 Å². The normalized spacial score (nSPS) is 9.64. The van der Waals surface area contributed by atoms with Crippen LogP contribution >= 0.6 is 28.1 Å². The molecule has 0 saturated carbocycles. The topological polar surface area (TPSA) is 26.0 Å². The summed E-state index contributed by atoms with van der Waals surface area (Å²) < 4.78 is 13.4. The lowest BCUT2D eigenvalue weighted by Crippen LogP contribution is -2.11. The number of hydrogen-bond donors (Lipinski definition) is 1. The van der Waals surface area contributed by atoms with Crippen LogP contribution in [0.3, 0.4) is 0 Å². The summed E-state index contributed by atoms with van der Waals surface area (Å²) in [6, 6.07) is 4.82. The highest BCUT2D eigenvalue weighted by molar-refractivity contribution is 9.10. The van der Waals surface area contributed by atoms with Gasteiger partial charge in [0, 0.05) is 5.56 Å². The van der Waals surface area contributed by atoms with E-state index in [-0.39, 0.29) is 10.6 Å². The van der Waals surface area contributed by atoms with E-state index in [9.17, 15) is 4.39 Å². The molecule has 2 N–H and O–H groups in total. The Morgan fingerprint density at radius 1 is 1.55 bits per heavy atom. The summed E-state index contributed by atoms with van der Waals surface area (Å²) in [7, 11) is 0. The minimum absolute atomic E-state index is 0.0730. The van der Waals surface area contributed by atoms with Crippen molar-refractivity contribution < 1.29 is 4.39 Å². The van der Waals surface area contributed by atoms with E-state index in [1.54, 1.807) is 18.2 Å². The Kier molecular flexibility index (Phi) is 2.57. The van der Waals surface area contributed by atoms with Gasteiger partial charge < -0.3 is 5.73 Å². The predicted octanol–water partition coefficient (Wildman–Crippen LogP) is 2.22. The maximum absolute atomic E-state index is 13.0. The lowest BCUT2D eigenvalue weighted by atomic mass is 10.2. The van der Waals surface area contributed by atoms with Gasteiger partial charge in [-0.1, -0.05) is 18.3 Å². The highest BCUT2D eigenvalue weighted by Gasteiger charge is 2.06. The molecule has 11 heavy (non-hydrogen) atoms. The van der Waals surface area contributed by atoms with E-state index in [0.29, 0.717) is 4.47 Å². The van der Waals surface area contributed by atoms with E-state index in [2.05, 4.69) is 28.1 Å². The summed E-state index contributed by atoms with van der Waals surface area (Å²) in [5.74, 6) is -0.403. The van der Waals surface area contributed by atoms with Crippen LogP contribution in [0.15, 0.2) is 22.7 Å². The van der Waals surface area contributed by atoms with Crippen LogP contribution in [0.5, 0.6) is 0 Å². The Morgan fingerprint density at radius 3 is 2.64 bits per heavy atom. The average molecular weight is 234 g/mol. The quantitative estimate of drug-likeness (QED) is 0.754. The van der Waals surface area contributed by atoms with Crippen LogP contribution in [-0.2, 0) is 0 Å². The molecule has 1 aromatic rings. The SMILES string of the molecule is NC(=S)c1cccc(Br)c1F. The van der Waals surface area contributed by atoms with Gasteiger partial charge in [-0.15, -0.1) is 0 Å². The van der Waals surface area contributed by atoms with Crippen LogP contribution in [0, 0.1) is 5.82 Å². The Morgan fingerprint density at radius 2 is 2.18 bits per heavy atom. The molecule has 0 aliphatic heterocycles. The summed E-state index contributed by atoms with van der Waals surface area (Å²) in [5, 5.41) is 0. The Hall–Kier alpha value is -0.480. The Labute approximate surface area is 77.5 Å². The van der Waals surface area contributed by atoms with Crippen LogP contribution in [-0.4, -0.2) is 4.99 Å². The van der Waals surface area contributed by atoms with Gasteiger partial charge in [-0.3, -0.25) is 0 Å². The lowest BCUT2D eigenvalue weighted by molar-refractivity contribution is 0.619. The zero-order chi connectivity index (χ0) is 8.43. The van der Waals surface area contributed by atoms with Gasteiger partial charge in [-0.25, -0.2) is 4.39 Å². The first kappa shape index (κ1) is 8.62. The molecule has 1 rings (SSSR count). The highest BCUT2D eigenvalue weighted by Crippen LogP contribution is 2.17. The van der Waals surface area contributed by atoms with Gasteiger partial charge in [0.25, 0.3) is 0 Å². The molecular weight excluding hydrogens is 229 g/mol. The van der Waals surface area contributed by atoms with Gasteiger partial charge in [-0.05, 0) is 28.1 Å². The second-order valence-corrected chi connectivity index (χ2v) is 3.26. The predicted molar refractivity (Wildman–Crippen MR) is 50.0 cm³/mol. The fourth-order valence-electron chi connectivity index (χ4n) is 0.694. The fraction of sp³-hybridized carbons (Fsp3) is 0. The van der Waals surface area contributed by atoms with E-state index < -0.39 is 5.82 Å². The van der Waals surface area contributed by atoms with Crippen LogP contribution in [0.25, 0.3) is 0 Å². The molecular formula is C7H5BrFNS.